The number of nitrogens with one attached hydrogen (secondary N) is 3. The molecule has 1 saturated heterocycles. The van der Waals surface area contributed by atoms with Crippen LogP contribution < -0.4 is 16.0 Å². The highest BCUT2D eigenvalue weighted by Crippen LogP contribution is 2.22. The van der Waals surface area contributed by atoms with Crippen molar-refractivity contribution < 1.29 is 9.57 Å². The van der Waals surface area contributed by atoms with Crippen LogP contribution in [0.1, 0.15) is 26.2 Å². The molecule has 1 aliphatic heterocycles. The van der Waals surface area contributed by atoms with Gasteiger partial charge in [0.25, 0.3) is 0 Å². The molecule has 0 aliphatic carbocycles. The van der Waals surface area contributed by atoms with E-state index in [0.717, 1.165) is 38.2 Å². The van der Waals surface area contributed by atoms with Gasteiger partial charge in [-0.2, -0.15) is 10.0 Å². The third-order valence-electron chi connectivity index (χ3n) is 4.12. The molecule has 0 saturated carbocycles. The Morgan fingerprint density at radius 3 is 2.92 bits per heavy atom. The van der Waals surface area contributed by atoms with Gasteiger partial charge in [0.1, 0.15) is 12.0 Å². The molecule has 2 rings (SSSR count). The predicted molar refractivity (Wildman–Crippen MR) is 94.8 cm³/mol. The molecule has 3 atom stereocenters. The largest absolute Gasteiger partial charge is 0.373 e. The topological polar surface area (TPSA) is 83.6 Å². The number of rotatable bonds is 9. The quantitative estimate of drug-likeness (QED) is 0.621. The van der Waals surface area contributed by atoms with Crippen molar-refractivity contribution in [3.8, 4) is 0 Å². The zero-order chi connectivity index (χ0) is 17.4. The van der Waals surface area contributed by atoms with Crippen LogP contribution in [0.4, 0.5) is 11.8 Å². The average Bonchev–Trinajstić information content (AvgIpc) is 2.60. The maximum Gasteiger partial charge on any atom is 0.224 e. The van der Waals surface area contributed by atoms with Crippen molar-refractivity contribution in [2.24, 2.45) is 0 Å². The van der Waals surface area contributed by atoms with Crippen molar-refractivity contribution in [1.29, 1.82) is 0 Å². The Morgan fingerprint density at radius 2 is 2.21 bits per heavy atom. The van der Waals surface area contributed by atoms with Gasteiger partial charge in [-0.3, -0.25) is 4.84 Å². The Morgan fingerprint density at radius 1 is 1.38 bits per heavy atom. The Hall–Kier alpha value is -1.48. The lowest BCUT2D eigenvalue weighted by Crippen LogP contribution is -2.50. The summed E-state index contributed by atoms with van der Waals surface area (Å²) in [6.45, 7) is 3.75. The first-order valence-electron chi connectivity index (χ1n) is 8.54. The molecule has 1 aromatic rings. The number of piperidine rings is 1. The summed E-state index contributed by atoms with van der Waals surface area (Å²) in [6.07, 6.45) is 4.71. The van der Waals surface area contributed by atoms with Gasteiger partial charge in [-0.25, -0.2) is 4.98 Å². The van der Waals surface area contributed by atoms with Crippen LogP contribution in [0, 0.1) is 0 Å². The van der Waals surface area contributed by atoms with E-state index in [1.54, 1.807) is 13.3 Å². The van der Waals surface area contributed by atoms with Crippen LogP contribution in [-0.2, 0) is 9.57 Å². The molecule has 0 aromatic carbocycles. The van der Waals surface area contributed by atoms with E-state index in [1.807, 2.05) is 25.2 Å². The maximum absolute atomic E-state index is 6.08. The van der Waals surface area contributed by atoms with Gasteiger partial charge >= 0.3 is 0 Å². The first-order chi connectivity index (χ1) is 11.7. The fraction of sp³-hybridized carbons (Fsp3) is 0.750. The smallest absolute Gasteiger partial charge is 0.224 e. The Kier molecular flexibility index (Phi) is 7.64. The second-order valence-electron chi connectivity index (χ2n) is 6.03. The normalized spacial score (nSPS) is 23.0. The number of hydroxylamine groups is 2. The van der Waals surface area contributed by atoms with Gasteiger partial charge in [0.2, 0.25) is 5.95 Å². The molecule has 136 valence electrons. The summed E-state index contributed by atoms with van der Waals surface area (Å²) >= 11 is 0. The molecule has 8 nitrogen and oxygen atoms in total. The molecular weight excluding hydrogens is 308 g/mol. The van der Waals surface area contributed by atoms with Gasteiger partial charge < -0.3 is 20.7 Å². The van der Waals surface area contributed by atoms with Crippen molar-refractivity contribution in [3.63, 3.8) is 0 Å². The molecule has 0 amide bonds. The minimum Gasteiger partial charge on any atom is -0.373 e. The highest BCUT2D eigenvalue weighted by molar-refractivity contribution is 5.39. The molecule has 8 heteroatoms. The lowest BCUT2D eigenvalue weighted by molar-refractivity contribution is -0.280. The highest BCUT2D eigenvalue weighted by atomic mass is 16.7. The van der Waals surface area contributed by atoms with Crippen molar-refractivity contribution in [2.75, 3.05) is 44.9 Å². The predicted octanol–water partition coefficient (Wildman–Crippen LogP) is 1.30. The number of methoxy groups -OCH3 is 1. The lowest BCUT2D eigenvalue weighted by Gasteiger charge is -2.39. The lowest BCUT2D eigenvalue weighted by atomic mass is 10.1. The molecule has 3 N–H and O–H groups in total. The summed E-state index contributed by atoms with van der Waals surface area (Å²) in [5, 5.41) is 11.5. The molecular formula is C16H30N6O2. The number of hydrogen-bond donors (Lipinski definition) is 3. The van der Waals surface area contributed by atoms with Gasteiger partial charge in [0.05, 0.1) is 6.10 Å². The van der Waals surface area contributed by atoms with Gasteiger partial charge in [-0.1, -0.05) is 0 Å². The van der Waals surface area contributed by atoms with Crippen LogP contribution in [0.25, 0.3) is 0 Å². The second-order valence-corrected chi connectivity index (χ2v) is 6.03. The molecule has 0 bridgehead atoms. The number of nitrogens with zero attached hydrogens (tertiary/aromatic N) is 3. The van der Waals surface area contributed by atoms with E-state index in [0.29, 0.717) is 5.95 Å². The zero-order valence-corrected chi connectivity index (χ0v) is 15.1. The Labute approximate surface area is 144 Å². The number of ether oxygens (including phenoxy) is 1. The summed E-state index contributed by atoms with van der Waals surface area (Å²) in [4.78, 5) is 14.8. The van der Waals surface area contributed by atoms with Gasteiger partial charge in [0, 0.05) is 32.9 Å². The maximum atomic E-state index is 6.08. The summed E-state index contributed by atoms with van der Waals surface area (Å²) in [7, 11) is 5.52. The fourth-order valence-corrected chi connectivity index (χ4v) is 2.76. The Balaban J connectivity index is 1.92. The first-order valence-corrected chi connectivity index (χ1v) is 8.54. The van der Waals surface area contributed by atoms with E-state index in [1.165, 1.54) is 0 Å². The first kappa shape index (κ1) is 18.9. The number of hydrogen-bond acceptors (Lipinski definition) is 8. The van der Waals surface area contributed by atoms with E-state index >= 15 is 0 Å². The van der Waals surface area contributed by atoms with Crippen molar-refractivity contribution in [3.05, 3.63) is 12.3 Å². The summed E-state index contributed by atoms with van der Waals surface area (Å²) in [6, 6.07) is 2.06. The summed E-state index contributed by atoms with van der Waals surface area (Å²) in [5.41, 5.74) is 0. The third kappa shape index (κ3) is 5.55. The van der Waals surface area contributed by atoms with Gasteiger partial charge in [0.15, 0.2) is 0 Å². The van der Waals surface area contributed by atoms with Gasteiger partial charge in [-0.15, -0.1) is 0 Å². The van der Waals surface area contributed by atoms with Crippen LogP contribution >= 0.6 is 0 Å². The van der Waals surface area contributed by atoms with E-state index in [-0.39, 0.29) is 18.4 Å². The SMILES string of the molecule is CNCCC(C)ON1CC(Nc2nccc(NC)n2)CCC1OC. The van der Waals surface area contributed by atoms with E-state index < -0.39 is 0 Å². The highest BCUT2D eigenvalue weighted by Gasteiger charge is 2.30. The van der Waals surface area contributed by atoms with Gasteiger partial charge in [-0.05, 0) is 45.8 Å². The number of anilines is 2. The van der Waals surface area contributed by atoms with E-state index in [9.17, 15) is 0 Å². The zero-order valence-electron chi connectivity index (χ0n) is 15.1. The molecule has 3 unspecified atom stereocenters. The molecule has 24 heavy (non-hydrogen) atoms. The molecule has 0 spiro atoms. The molecule has 0 radical (unpaired) electrons. The van der Waals surface area contributed by atoms with Crippen LogP contribution in [0.15, 0.2) is 12.3 Å². The number of aromatic nitrogens is 2. The van der Waals surface area contributed by atoms with Crippen molar-refractivity contribution >= 4 is 11.8 Å². The molecule has 1 aromatic heterocycles. The van der Waals surface area contributed by atoms with Crippen molar-refractivity contribution in [1.82, 2.24) is 20.3 Å². The van der Waals surface area contributed by atoms with E-state index in [4.69, 9.17) is 9.57 Å². The van der Waals surface area contributed by atoms with E-state index in [2.05, 4.69) is 32.8 Å². The van der Waals surface area contributed by atoms with Crippen LogP contribution in [0.5, 0.6) is 0 Å². The fourth-order valence-electron chi connectivity index (χ4n) is 2.76. The second kappa shape index (κ2) is 9.73. The van der Waals surface area contributed by atoms with Crippen LogP contribution in [0.2, 0.25) is 0 Å². The van der Waals surface area contributed by atoms with Crippen LogP contribution in [0.3, 0.4) is 0 Å². The van der Waals surface area contributed by atoms with Crippen LogP contribution in [-0.4, -0.2) is 67.7 Å². The standard InChI is InChI=1S/C16H30N6O2/c1-12(7-9-17-2)24-22-11-13(5-6-15(22)23-4)20-16-19-10-8-14(18-3)21-16/h8,10,12-13,15,17H,5-7,9,11H2,1-4H3,(H2,18,19,20,21). The summed E-state index contributed by atoms with van der Waals surface area (Å²) in [5.74, 6) is 1.43. The third-order valence-corrected chi connectivity index (χ3v) is 4.12. The molecule has 1 aliphatic rings. The monoisotopic (exact) mass is 338 g/mol. The molecule has 2 heterocycles. The Bertz CT molecular complexity index is 489. The average molecular weight is 338 g/mol. The van der Waals surface area contributed by atoms with Crippen molar-refractivity contribution in [2.45, 2.75) is 44.6 Å². The summed E-state index contributed by atoms with van der Waals surface area (Å²) < 4.78 is 5.56. The molecule has 1 fully saturated rings. The minimum absolute atomic E-state index is 0.00959. The minimum atomic E-state index is -0.00959.